The normalized spacial score (nSPS) is 12.8. The van der Waals surface area contributed by atoms with Crippen LogP contribution < -0.4 is 11.5 Å². The molecule has 0 aromatic rings. The molecule has 0 spiro atoms. The second-order valence-electron chi connectivity index (χ2n) is 2.98. The first-order valence-corrected chi connectivity index (χ1v) is 4.23. The lowest BCUT2D eigenvalue weighted by molar-refractivity contribution is -0.139. The quantitative estimate of drug-likeness (QED) is 0.386. The zero-order chi connectivity index (χ0) is 11.1. The molecule has 80 valence electrons. The zero-order valence-electron chi connectivity index (χ0n) is 7.90. The molecule has 5 nitrogen and oxygen atoms in total. The molecule has 0 heterocycles. The summed E-state index contributed by atoms with van der Waals surface area (Å²) in [5.41, 5.74) is 10.00. The van der Waals surface area contributed by atoms with Gasteiger partial charge in [0.05, 0.1) is 6.61 Å². The number of carboxylic acid groups (broad SMARTS) is 1. The van der Waals surface area contributed by atoms with Crippen LogP contribution in [0.15, 0.2) is 0 Å². The van der Waals surface area contributed by atoms with Crippen LogP contribution in [0.3, 0.4) is 0 Å². The number of rotatable bonds is 3. The van der Waals surface area contributed by atoms with Crippen LogP contribution in [0.2, 0.25) is 0 Å². The average Bonchev–Trinajstić information content (AvgIpc) is 2.02. The van der Waals surface area contributed by atoms with E-state index in [0.717, 1.165) is 0 Å². The molecule has 0 saturated heterocycles. The summed E-state index contributed by atoms with van der Waals surface area (Å²) in [5, 5.41) is 16.1. The molecule has 13 heavy (non-hydrogen) atoms. The first kappa shape index (κ1) is 15.2. The summed E-state index contributed by atoms with van der Waals surface area (Å²) in [5.74, 6) is -1.02. The van der Waals surface area contributed by atoms with Gasteiger partial charge in [-0.05, 0) is 13.8 Å². The lowest BCUT2D eigenvalue weighted by Gasteiger charge is -2.21. The summed E-state index contributed by atoms with van der Waals surface area (Å²) in [6.07, 6.45) is 0. The van der Waals surface area contributed by atoms with Gasteiger partial charge in [-0.25, -0.2) is 0 Å². The molecule has 6 N–H and O–H groups in total. The Kier molecular flexibility index (Phi) is 8.34. The summed E-state index contributed by atoms with van der Waals surface area (Å²) < 4.78 is -0.647. The minimum atomic E-state index is -1.02. The lowest BCUT2D eigenvalue weighted by Crippen LogP contribution is -2.45. The molecule has 0 aliphatic heterocycles. The minimum absolute atomic E-state index is 0.0972. The highest BCUT2D eigenvalue weighted by Crippen LogP contribution is 2.15. The fourth-order valence-electron chi connectivity index (χ4n) is 0.302. The van der Waals surface area contributed by atoms with Crippen LogP contribution in [-0.2, 0) is 4.79 Å². The van der Waals surface area contributed by atoms with Crippen LogP contribution in [0, 0.1) is 0 Å². The molecule has 1 atom stereocenters. The van der Waals surface area contributed by atoms with Gasteiger partial charge in [-0.15, -0.1) is 0 Å². The number of carbonyl (C=O) groups is 1. The number of hydrogen-bond donors (Lipinski definition) is 5. The molecule has 1 unspecified atom stereocenters. The molecule has 0 radical (unpaired) electrons. The molecule has 0 aliphatic rings. The Morgan fingerprint density at radius 3 is 1.92 bits per heavy atom. The van der Waals surface area contributed by atoms with Gasteiger partial charge < -0.3 is 21.7 Å². The molecule has 0 aromatic carbocycles. The van der Waals surface area contributed by atoms with Crippen LogP contribution >= 0.6 is 12.6 Å². The molecule has 0 fully saturated rings. The van der Waals surface area contributed by atoms with E-state index in [9.17, 15) is 4.79 Å². The van der Waals surface area contributed by atoms with Gasteiger partial charge in [0, 0.05) is 11.3 Å². The van der Waals surface area contributed by atoms with Crippen LogP contribution in [-0.4, -0.2) is 40.1 Å². The highest BCUT2D eigenvalue weighted by molar-refractivity contribution is 7.81. The zero-order valence-corrected chi connectivity index (χ0v) is 8.79. The number of aliphatic hydroxyl groups excluding tert-OH is 1. The van der Waals surface area contributed by atoms with Gasteiger partial charge in [-0.2, -0.15) is 12.6 Å². The molecule has 0 amide bonds. The number of nitrogens with two attached hydrogens (primary N) is 2. The standard InChI is InChI=1S/C5H11NO2S.C2H7NO/c1-5(2,9)3(6)4(7)8;3-1-2-4/h3,9H,6H2,1-2H3,(H,7,8);4H,1-3H2. The molecule has 0 aliphatic carbocycles. The first-order valence-electron chi connectivity index (χ1n) is 3.79. The lowest BCUT2D eigenvalue weighted by atomic mass is 10.1. The van der Waals surface area contributed by atoms with Crippen molar-refractivity contribution in [3.05, 3.63) is 0 Å². The van der Waals surface area contributed by atoms with Crippen molar-refractivity contribution in [1.82, 2.24) is 0 Å². The maximum absolute atomic E-state index is 10.2. The van der Waals surface area contributed by atoms with E-state index in [1.54, 1.807) is 13.8 Å². The molecular formula is C7H18N2O3S. The van der Waals surface area contributed by atoms with Crippen molar-refractivity contribution in [2.24, 2.45) is 11.5 Å². The fraction of sp³-hybridized carbons (Fsp3) is 0.857. The van der Waals surface area contributed by atoms with E-state index < -0.39 is 16.8 Å². The predicted molar refractivity (Wildman–Crippen MR) is 54.8 cm³/mol. The molecule has 0 bridgehead atoms. The number of carboxylic acids is 1. The van der Waals surface area contributed by atoms with Crippen LogP contribution in [0.4, 0.5) is 0 Å². The average molecular weight is 210 g/mol. The summed E-state index contributed by atoms with van der Waals surface area (Å²) in [7, 11) is 0. The van der Waals surface area contributed by atoms with Gasteiger partial charge in [0.25, 0.3) is 0 Å². The van der Waals surface area contributed by atoms with E-state index in [0.29, 0.717) is 6.54 Å². The Labute approximate surface area is 83.5 Å². The number of aliphatic carboxylic acids is 1. The topological polar surface area (TPSA) is 110 Å². The van der Waals surface area contributed by atoms with E-state index >= 15 is 0 Å². The van der Waals surface area contributed by atoms with Gasteiger partial charge in [-0.3, -0.25) is 4.79 Å². The maximum Gasteiger partial charge on any atom is 0.321 e. The predicted octanol–water partition coefficient (Wildman–Crippen LogP) is -0.956. The van der Waals surface area contributed by atoms with Crippen molar-refractivity contribution in [3.8, 4) is 0 Å². The van der Waals surface area contributed by atoms with Crippen molar-refractivity contribution in [2.45, 2.75) is 24.6 Å². The molecule has 0 saturated carbocycles. The van der Waals surface area contributed by atoms with Crippen LogP contribution in [0.1, 0.15) is 13.8 Å². The van der Waals surface area contributed by atoms with Gasteiger partial charge in [0.1, 0.15) is 6.04 Å². The Balaban J connectivity index is 0. The van der Waals surface area contributed by atoms with Crippen molar-refractivity contribution in [1.29, 1.82) is 0 Å². The number of aliphatic hydroxyl groups is 1. The molecule has 0 aromatic heterocycles. The number of hydrogen-bond acceptors (Lipinski definition) is 5. The Morgan fingerprint density at radius 2 is 1.92 bits per heavy atom. The van der Waals surface area contributed by atoms with E-state index in [2.05, 4.69) is 12.6 Å². The third-order valence-electron chi connectivity index (χ3n) is 1.16. The van der Waals surface area contributed by atoms with Gasteiger partial charge in [0.2, 0.25) is 0 Å². The Bertz CT molecular complexity index is 145. The van der Waals surface area contributed by atoms with Crippen LogP contribution in [0.25, 0.3) is 0 Å². The third-order valence-corrected chi connectivity index (χ3v) is 1.43. The van der Waals surface area contributed by atoms with Crippen molar-refractivity contribution < 1.29 is 15.0 Å². The van der Waals surface area contributed by atoms with Gasteiger partial charge in [0.15, 0.2) is 0 Å². The summed E-state index contributed by atoms with van der Waals surface area (Å²) >= 11 is 3.98. The smallest absolute Gasteiger partial charge is 0.321 e. The second-order valence-corrected chi connectivity index (χ2v) is 4.13. The fourth-order valence-corrected chi connectivity index (χ4v) is 0.413. The van der Waals surface area contributed by atoms with Crippen molar-refractivity contribution >= 4 is 18.6 Å². The SMILES string of the molecule is CC(C)(S)C(N)C(=O)O.NCCO. The van der Waals surface area contributed by atoms with Crippen molar-refractivity contribution in [2.75, 3.05) is 13.2 Å². The first-order chi connectivity index (χ1) is 5.77. The summed E-state index contributed by atoms with van der Waals surface area (Å²) in [6, 6.07) is -0.902. The maximum atomic E-state index is 10.2. The highest BCUT2D eigenvalue weighted by Gasteiger charge is 2.27. The molecule has 0 rings (SSSR count). The largest absolute Gasteiger partial charge is 0.480 e. The minimum Gasteiger partial charge on any atom is -0.480 e. The van der Waals surface area contributed by atoms with Crippen LogP contribution in [0.5, 0.6) is 0 Å². The van der Waals surface area contributed by atoms with Crippen molar-refractivity contribution in [3.63, 3.8) is 0 Å². The highest BCUT2D eigenvalue weighted by atomic mass is 32.1. The van der Waals surface area contributed by atoms with E-state index in [1.165, 1.54) is 0 Å². The summed E-state index contributed by atoms with van der Waals surface area (Å²) in [6.45, 7) is 3.80. The van der Waals surface area contributed by atoms with Gasteiger partial charge in [-0.1, -0.05) is 0 Å². The third kappa shape index (κ3) is 9.62. The molecule has 6 heteroatoms. The Morgan fingerprint density at radius 1 is 1.62 bits per heavy atom. The van der Waals surface area contributed by atoms with E-state index in [-0.39, 0.29) is 6.61 Å². The number of thiol groups is 1. The van der Waals surface area contributed by atoms with E-state index in [1.807, 2.05) is 0 Å². The van der Waals surface area contributed by atoms with E-state index in [4.69, 9.17) is 21.7 Å². The Hall–Kier alpha value is -0.300. The second kappa shape index (κ2) is 7.14. The monoisotopic (exact) mass is 210 g/mol. The summed E-state index contributed by atoms with van der Waals surface area (Å²) in [4.78, 5) is 10.2. The van der Waals surface area contributed by atoms with Gasteiger partial charge >= 0.3 is 5.97 Å². The molecular weight excluding hydrogens is 192 g/mol.